The van der Waals surface area contributed by atoms with Gasteiger partial charge in [-0.25, -0.2) is 4.79 Å². The van der Waals surface area contributed by atoms with Crippen LogP contribution in [0.5, 0.6) is 6.01 Å². The second-order valence-electron chi connectivity index (χ2n) is 11.8. The largest absolute Gasteiger partial charge is 0.480 e. The molecule has 1 atom stereocenters. The Hall–Kier alpha value is -5.84. The molecule has 5 N–H and O–H groups in total. The first kappa shape index (κ1) is 37.4. The van der Waals surface area contributed by atoms with Crippen LogP contribution in [0.1, 0.15) is 47.2 Å². The molecule has 2 aromatic carbocycles. The van der Waals surface area contributed by atoms with E-state index in [2.05, 4.69) is 41.2 Å². The lowest BCUT2D eigenvalue weighted by Crippen LogP contribution is -2.42. The second-order valence-corrected chi connectivity index (χ2v) is 12.2. The van der Waals surface area contributed by atoms with Gasteiger partial charge in [0.2, 0.25) is 17.7 Å². The summed E-state index contributed by atoms with van der Waals surface area (Å²) < 4.78 is 43.5. The predicted octanol–water partition coefficient (Wildman–Crippen LogP) is 4.60. The number of nitrogens with zero attached hydrogens (tertiary/aromatic N) is 4. The number of amides is 2. The molecule has 0 saturated heterocycles. The van der Waals surface area contributed by atoms with Crippen molar-refractivity contribution in [3.05, 3.63) is 94.8 Å². The summed E-state index contributed by atoms with van der Waals surface area (Å²) in [5.74, 6) is -4.05. The Kier molecular flexibility index (Phi) is 11.8. The molecule has 5 rings (SSSR count). The minimum absolute atomic E-state index is 0.0428. The van der Waals surface area contributed by atoms with Crippen molar-refractivity contribution in [1.82, 2.24) is 30.6 Å². The number of aromatic nitrogens is 4. The predicted molar refractivity (Wildman–Crippen MR) is 181 cm³/mol. The van der Waals surface area contributed by atoms with E-state index in [1.807, 2.05) is 12.1 Å². The molecule has 2 amide bonds. The van der Waals surface area contributed by atoms with Crippen molar-refractivity contribution in [2.45, 2.75) is 49.9 Å². The van der Waals surface area contributed by atoms with Crippen molar-refractivity contribution in [2.75, 3.05) is 23.8 Å². The van der Waals surface area contributed by atoms with Crippen LogP contribution in [0.4, 0.5) is 30.8 Å². The monoisotopic (exact) mass is 740 g/mol. The third kappa shape index (κ3) is 10.8. The molecule has 1 aliphatic rings. The average Bonchev–Trinajstić information content (AvgIpc) is 3.89. The van der Waals surface area contributed by atoms with E-state index in [4.69, 9.17) is 16.3 Å². The van der Waals surface area contributed by atoms with Crippen LogP contribution in [0.25, 0.3) is 0 Å². The van der Waals surface area contributed by atoms with Crippen LogP contribution >= 0.6 is 11.6 Å². The molecule has 4 aromatic rings. The average molecular weight is 741 g/mol. The number of carboxylic acid groups (broad SMARTS) is 1. The minimum atomic E-state index is -4.64. The number of carbonyl (C=O) groups excluding carboxylic acids is 3. The number of Topliss-reactive ketones (excluding diaryl/α,β-unsaturated/α-hetero) is 1. The van der Waals surface area contributed by atoms with E-state index in [9.17, 15) is 37.5 Å². The van der Waals surface area contributed by atoms with Crippen molar-refractivity contribution in [3.63, 3.8) is 0 Å². The van der Waals surface area contributed by atoms with Gasteiger partial charge in [0.1, 0.15) is 6.04 Å². The van der Waals surface area contributed by atoms with Crippen LogP contribution in [0.2, 0.25) is 5.02 Å². The zero-order valence-electron chi connectivity index (χ0n) is 27.2. The van der Waals surface area contributed by atoms with Crippen molar-refractivity contribution >= 4 is 52.8 Å². The van der Waals surface area contributed by atoms with E-state index in [1.54, 1.807) is 36.7 Å². The molecule has 2 heterocycles. The first-order chi connectivity index (χ1) is 24.8. The summed E-state index contributed by atoms with van der Waals surface area (Å²) in [5, 5.41) is 21.0. The molecule has 52 heavy (non-hydrogen) atoms. The third-order valence-electron chi connectivity index (χ3n) is 7.85. The maximum atomic E-state index is 12.9. The van der Waals surface area contributed by atoms with Crippen LogP contribution in [0.3, 0.4) is 0 Å². The van der Waals surface area contributed by atoms with Gasteiger partial charge in [-0.1, -0.05) is 23.7 Å². The SMILES string of the molecule is O=C(CC[C@H](NC(=O)c1ccc(Nc2nc(NC3(c4ccc(Cl)cc4)CC3)nc(OCC(F)(F)F)n2)cc1)C(=O)O)C(=O)NCCc1ccncc1. The number of hydrogen-bond acceptors (Lipinski definition) is 11. The summed E-state index contributed by atoms with van der Waals surface area (Å²) in [6.45, 7) is -1.43. The molecule has 2 aromatic heterocycles. The van der Waals surface area contributed by atoms with Crippen molar-refractivity contribution < 1.29 is 42.2 Å². The number of halogens is 4. The van der Waals surface area contributed by atoms with Gasteiger partial charge in [-0.05, 0) is 85.3 Å². The zero-order chi connectivity index (χ0) is 37.3. The lowest BCUT2D eigenvalue weighted by molar-refractivity contribution is -0.154. The maximum Gasteiger partial charge on any atom is 0.422 e. The van der Waals surface area contributed by atoms with Gasteiger partial charge < -0.3 is 31.1 Å². The number of nitrogens with one attached hydrogen (secondary N) is 4. The molecule has 0 bridgehead atoms. The van der Waals surface area contributed by atoms with E-state index >= 15 is 0 Å². The van der Waals surface area contributed by atoms with Crippen LogP contribution in [-0.4, -0.2) is 74.0 Å². The fraction of sp³-hybridized carbons (Fsp3) is 0.294. The number of ether oxygens (including phenoxy) is 1. The fourth-order valence-electron chi connectivity index (χ4n) is 4.96. The number of ketones is 1. The molecule has 1 saturated carbocycles. The van der Waals surface area contributed by atoms with Gasteiger partial charge >= 0.3 is 18.2 Å². The van der Waals surface area contributed by atoms with E-state index in [0.29, 0.717) is 30.0 Å². The highest BCUT2D eigenvalue weighted by molar-refractivity contribution is 6.36. The van der Waals surface area contributed by atoms with Gasteiger partial charge in [-0.2, -0.15) is 28.1 Å². The normalized spacial score (nSPS) is 13.7. The summed E-state index contributed by atoms with van der Waals surface area (Å²) in [4.78, 5) is 65.4. The van der Waals surface area contributed by atoms with Crippen LogP contribution in [0.15, 0.2) is 73.1 Å². The quantitative estimate of drug-likeness (QED) is 0.0946. The lowest BCUT2D eigenvalue weighted by atomic mass is 10.1. The summed E-state index contributed by atoms with van der Waals surface area (Å²) in [6, 6.07) is 14.2. The second kappa shape index (κ2) is 16.5. The van der Waals surface area contributed by atoms with E-state index in [1.165, 1.54) is 24.3 Å². The number of rotatable bonds is 17. The standard InChI is InChI=1S/C34H32ClF3N8O6/c35-23-5-3-22(4-6-23)33(14-15-33)46-31-43-30(44-32(45-31)52-19-34(36,37)38)41-24-7-1-21(2-8-24)27(48)42-25(29(50)51)9-10-26(47)28(49)40-18-13-20-11-16-39-17-12-20/h1-8,11-12,16-17,25H,9-10,13-15,18-19H2,(H,40,49)(H,42,48)(H,50,51)(H2,41,43,44,45,46)/t25-/m0/s1. The van der Waals surface area contributed by atoms with Gasteiger partial charge in [0.15, 0.2) is 6.61 Å². The molecule has 1 fully saturated rings. The van der Waals surface area contributed by atoms with E-state index in [-0.39, 0.29) is 30.4 Å². The third-order valence-corrected chi connectivity index (χ3v) is 8.10. The smallest absolute Gasteiger partial charge is 0.422 e. The Morgan fingerprint density at radius 1 is 0.923 bits per heavy atom. The first-order valence-corrected chi connectivity index (χ1v) is 16.3. The van der Waals surface area contributed by atoms with E-state index < -0.39 is 60.4 Å². The summed E-state index contributed by atoms with van der Waals surface area (Å²) in [6.07, 6.45) is -0.306. The molecule has 272 valence electrons. The van der Waals surface area contributed by atoms with Gasteiger partial charge in [0.05, 0.1) is 5.54 Å². The Morgan fingerprint density at radius 2 is 1.60 bits per heavy atom. The number of hydrogen-bond donors (Lipinski definition) is 5. The molecule has 0 aliphatic heterocycles. The summed E-state index contributed by atoms with van der Waals surface area (Å²) in [7, 11) is 0. The summed E-state index contributed by atoms with van der Waals surface area (Å²) in [5.41, 5.74) is 1.61. The molecular formula is C34H32ClF3N8O6. The molecule has 14 nitrogen and oxygen atoms in total. The molecular weight excluding hydrogens is 709 g/mol. The Labute approximate surface area is 299 Å². The zero-order valence-corrected chi connectivity index (χ0v) is 28.0. The maximum absolute atomic E-state index is 12.9. The summed E-state index contributed by atoms with van der Waals surface area (Å²) >= 11 is 6.01. The molecule has 1 aliphatic carbocycles. The number of aliphatic carboxylic acids is 1. The van der Waals surface area contributed by atoms with Gasteiger partial charge in [0, 0.05) is 41.6 Å². The van der Waals surface area contributed by atoms with Gasteiger partial charge in [0.25, 0.3) is 11.8 Å². The van der Waals surface area contributed by atoms with Crippen LogP contribution < -0.4 is 26.0 Å². The Morgan fingerprint density at radius 3 is 2.23 bits per heavy atom. The van der Waals surface area contributed by atoms with Crippen LogP contribution in [0, 0.1) is 0 Å². The number of alkyl halides is 3. The highest BCUT2D eigenvalue weighted by Gasteiger charge is 2.45. The number of pyridine rings is 1. The highest BCUT2D eigenvalue weighted by Crippen LogP contribution is 2.48. The Bertz CT molecular complexity index is 1900. The minimum Gasteiger partial charge on any atom is -0.480 e. The number of benzene rings is 2. The number of carboxylic acids is 1. The number of carbonyl (C=O) groups is 4. The van der Waals surface area contributed by atoms with E-state index in [0.717, 1.165) is 11.1 Å². The van der Waals surface area contributed by atoms with Crippen molar-refractivity contribution in [2.24, 2.45) is 0 Å². The number of anilines is 3. The molecule has 0 unspecified atom stereocenters. The first-order valence-electron chi connectivity index (χ1n) is 15.9. The van der Waals surface area contributed by atoms with Crippen molar-refractivity contribution in [3.8, 4) is 6.01 Å². The van der Waals surface area contributed by atoms with Gasteiger partial charge in [-0.3, -0.25) is 19.4 Å². The molecule has 0 spiro atoms. The van der Waals surface area contributed by atoms with Crippen molar-refractivity contribution in [1.29, 1.82) is 0 Å². The Balaban J connectivity index is 1.19. The fourth-order valence-corrected chi connectivity index (χ4v) is 5.09. The highest BCUT2D eigenvalue weighted by atomic mass is 35.5. The van der Waals surface area contributed by atoms with Crippen LogP contribution in [-0.2, 0) is 26.3 Å². The molecule has 0 radical (unpaired) electrons. The molecule has 18 heteroatoms. The topological polar surface area (TPSA) is 197 Å². The van der Waals surface area contributed by atoms with Gasteiger partial charge in [-0.15, -0.1) is 0 Å². The lowest BCUT2D eigenvalue weighted by Gasteiger charge is -2.19.